The molecule has 6 nitrogen and oxygen atoms in total. The summed E-state index contributed by atoms with van der Waals surface area (Å²) in [7, 11) is 0. The summed E-state index contributed by atoms with van der Waals surface area (Å²) in [4.78, 5) is 20.6. The molecule has 0 fully saturated rings. The number of carbonyl (C=O) groups is 1. The molecule has 0 aromatic carbocycles. The zero-order chi connectivity index (χ0) is 16.7. The van der Waals surface area contributed by atoms with E-state index in [1.54, 1.807) is 19.2 Å². The van der Waals surface area contributed by atoms with Crippen molar-refractivity contribution in [1.82, 2.24) is 15.1 Å². The highest BCUT2D eigenvalue weighted by molar-refractivity contribution is 6.08. The minimum absolute atomic E-state index is 0.212. The molecular weight excluding hydrogens is 304 g/mol. The van der Waals surface area contributed by atoms with Crippen LogP contribution in [0.3, 0.4) is 0 Å². The topological polar surface area (TPSA) is 83.8 Å². The Bertz CT molecular complexity index is 923. The third kappa shape index (κ3) is 2.50. The SMILES string of the molecule is Cc1cnc2c(c1)CCCc1[nH]cc(C(=O)Nc3cc(C)on3)c1-2. The van der Waals surface area contributed by atoms with Gasteiger partial charge in [0, 0.05) is 29.7 Å². The van der Waals surface area contributed by atoms with Crippen LogP contribution in [0.15, 0.2) is 29.0 Å². The molecule has 2 N–H and O–H groups in total. The number of hydrogen-bond acceptors (Lipinski definition) is 4. The van der Waals surface area contributed by atoms with E-state index >= 15 is 0 Å². The number of aromatic nitrogens is 3. The predicted molar refractivity (Wildman–Crippen MR) is 90.0 cm³/mol. The largest absolute Gasteiger partial charge is 0.364 e. The van der Waals surface area contributed by atoms with Crippen LogP contribution in [0.25, 0.3) is 11.3 Å². The number of H-pyrrole nitrogens is 1. The number of carbonyl (C=O) groups excluding carboxylic acids is 1. The van der Waals surface area contributed by atoms with Crippen LogP contribution in [0, 0.1) is 13.8 Å². The van der Waals surface area contributed by atoms with Crippen LogP contribution in [0.2, 0.25) is 0 Å². The van der Waals surface area contributed by atoms with Crippen molar-refractivity contribution in [2.45, 2.75) is 33.1 Å². The van der Waals surface area contributed by atoms with Gasteiger partial charge < -0.3 is 14.8 Å². The van der Waals surface area contributed by atoms with Gasteiger partial charge in [-0.15, -0.1) is 0 Å². The third-order valence-electron chi connectivity index (χ3n) is 4.29. The van der Waals surface area contributed by atoms with Crippen molar-refractivity contribution >= 4 is 11.7 Å². The van der Waals surface area contributed by atoms with Crippen LogP contribution in [-0.4, -0.2) is 21.0 Å². The van der Waals surface area contributed by atoms with E-state index in [-0.39, 0.29) is 5.91 Å². The van der Waals surface area contributed by atoms with E-state index in [4.69, 9.17) is 4.52 Å². The first-order valence-electron chi connectivity index (χ1n) is 8.02. The van der Waals surface area contributed by atoms with Crippen molar-refractivity contribution in [2.75, 3.05) is 5.32 Å². The van der Waals surface area contributed by atoms with E-state index < -0.39 is 0 Å². The normalized spacial score (nSPS) is 13.1. The number of anilines is 1. The second-order valence-electron chi connectivity index (χ2n) is 6.21. The quantitative estimate of drug-likeness (QED) is 0.757. The molecule has 3 heterocycles. The van der Waals surface area contributed by atoms with E-state index in [1.165, 1.54) is 5.56 Å². The van der Waals surface area contributed by atoms with Crippen LogP contribution in [0.5, 0.6) is 0 Å². The predicted octanol–water partition coefficient (Wildman–Crippen LogP) is 3.42. The molecule has 122 valence electrons. The molecule has 6 heteroatoms. The highest BCUT2D eigenvalue weighted by Gasteiger charge is 2.24. The van der Waals surface area contributed by atoms with E-state index in [0.717, 1.165) is 41.8 Å². The number of fused-ring (bicyclic) bond motifs is 3. The number of hydrogen-bond donors (Lipinski definition) is 2. The molecule has 0 atom stereocenters. The number of aryl methyl sites for hydroxylation is 4. The first-order valence-corrected chi connectivity index (χ1v) is 8.02. The smallest absolute Gasteiger partial charge is 0.259 e. The lowest BCUT2D eigenvalue weighted by Gasteiger charge is -2.09. The standard InChI is InChI=1S/C18H18N4O2/c1-10-6-12-4-3-5-14-16(17(12)20-8-10)13(9-19-14)18(23)21-15-7-11(2)24-22-15/h6-9,19H,3-5H2,1-2H3,(H,21,22,23). The summed E-state index contributed by atoms with van der Waals surface area (Å²) >= 11 is 0. The van der Waals surface area contributed by atoms with Crippen LogP contribution in [0.1, 0.15) is 39.4 Å². The van der Waals surface area contributed by atoms with Gasteiger partial charge in [0.2, 0.25) is 0 Å². The van der Waals surface area contributed by atoms with Crippen molar-refractivity contribution in [3.05, 3.63) is 52.7 Å². The summed E-state index contributed by atoms with van der Waals surface area (Å²) in [6.07, 6.45) is 6.51. The fourth-order valence-corrected chi connectivity index (χ4v) is 3.22. The van der Waals surface area contributed by atoms with Crippen molar-refractivity contribution in [1.29, 1.82) is 0 Å². The first-order chi connectivity index (χ1) is 11.6. The van der Waals surface area contributed by atoms with Gasteiger partial charge in [0.25, 0.3) is 5.91 Å². The fourth-order valence-electron chi connectivity index (χ4n) is 3.22. The van der Waals surface area contributed by atoms with Crippen LogP contribution < -0.4 is 5.32 Å². The summed E-state index contributed by atoms with van der Waals surface area (Å²) in [5.74, 6) is 0.856. The second-order valence-corrected chi connectivity index (χ2v) is 6.21. The van der Waals surface area contributed by atoms with Gasteiger partial charge in [-0.05, 0) is 44.2 Å². The van der Waals surface area contributed by atoms with Gasteiger partial charge in [-0.3, -0.25) is 9.78 Å². The maximum absolute atomic E-state index is 12.7. The average molecular weight is 322 g/mol. The van der Waals surface area contributed by atoms with Gasteiger partial charge in [0.15, 0.2) is 5.82 Å². The molecule has 0 bridgehead atoms. The Morgan fingerprint density at radius 1 is 1.29 bits per heavy atom. The lowest BCUT2D eigenvalue weighted by Crippen LogP contribution is -2.13. The summed E-state index contributed by atoms with van der Waals surface area (Å²) in [6.45, 7) is 3.82. The van der Waals surface area contributed by atoms with Crippen LogP contribution in [0.4, 0.5) is 5.82 Å². The number of rotatable bonds is 2. The molecule has 1 aliphatic carbocycles. The number of nitrogens with one attached hydrogen (secondary N) is 2. The maximum Gasteiger partial charge on any atom is 0.259 e. The molecule has 3 aromatic heterocycles. The first kappa shape index (κ1) is 14.7. The van der Waals surface area contributed by atoms with Crippen molar-refractivity contribution < 1.29 is 9.32 Å². The fraction of sp³-hybridized carbons (Fsp3) is 0.278. The minimum atomic E-state index is -0.212. The Balaban J connectivity index is 1.76. The number of aromatic amines is 1. The number of nitrogens with zero attached hydrogens (tertiary/aromatic N) is 2. The van der Waals surface area contributed by atoms with Gasteiger partial charge in [0.1, 0.15) is 5.76 Å². The van der Waals surface area contributed by atoms with Crippen LogP contribution in [-0.2, 0) is 12.8 Å². The van der Waals surface area contributed by atoms with Crippen LogP contribution >= 0.6 is 0 Å². The molecule has 0 saturated heterocycles. The Morgan fingerprint density at radius 3 is 2.96 bits per heavy atom. The van der Waals surface area contributed by atoms with E-state index in [1.807, 2.05) is 13.1 Å². The molecule has 1 amide bonds. The molecule has 24 heavy (non-hydrogen) atoms. The van der Waals surface area contributed by atoms with Gasteiger partial charge in [-0.2, -0.15) is 0 Å². The van der Waals surface area contributed by atoms with Gasteiger partial charge >= 0.3 is 0 Å². The minimum Gasteiger partial charge on any atom is -0.364 e. The third-order valence-corrected chi connectivity index (χ3v) is 4.29. The van der Waals surface area contributed by atoms with E-state index in [9.17, 15) is 4.79 Å². The summed E-state index contributed by atoms with van der Waals surface area (Å²) in [5, 5.41) is 6.61. The van der Waals surface area contributed by atoms with E-state index in [0.29, 0.717) is 17.1 Å². The summed E-state index contributed by atoms with van der Waals surface area (Å²) < 4.78 is 5.00. The van der Waals surface area contributed by atoms with Gasteiger partial charge in [-0.1, -0.05) is 11.2 Å². The molecule has 0 saturated carbocycles. The second kappa shape index (κ2) is 5.63. The molecular formula is C18H18N4O2. The number of amides is 1. The summed E-state index contributed by atoms with van der Waals surface area (Å²) in [6, 6.07) is 3.85. The van der Waals surface area contributed by atoms with Gasteiger partial charge in [-0.25, -0.2) is 0 Å². The Hall–Kier alpha value is -2.89. The van der Waals surface area contributed by atoms with E-state index in [2.05, 4.69) is 26.5 Å². The molecule has 0 spiro atoms. The highest BCUT2D eigenvalue weighted by Crippen LogP contribution is 2.34. The maximum atomic E-state index is 12.7. The van der Waals surface area contributed by atoms with Crippen molar-refractivity contribution in [3.8, 4) is 11.3 Å². The lowest BCUT2D eigenvalue weighted by atomic mass is 10.0. The zero-order valence-corrected chi connectivity index (χ0v) is 13.6. The van der Waals surface area contributed by atoms with Crippen molar-refractivity contribution in [3.63, 3.8) is 0 Å². The Morgan fingerprint density at radius 2 is 2.17 bits per heavy atom. The molecule has 1 aliphatic rings. The lowest BCUT2D eigenvalue weighted by molar-refractivity contribution is 0.102. The van der Waals surface area contributed by atoms with Gasteiger partial charge in [0.05, 0.1) is 11.3 Å². The monoisotopic (exact) mass is 322 g/mol. The molecule has 0 radical (unpaired) electrons. The van der Waals surface area contributed by atoms with Crippen molar-refractivity contribution in [2.24, 2.45) is 0 Å². The molecule has 4 rings (SSSR count). The zero-order valence-electron chi connectivity index (χ0n) is 13.6. The molecule has 3 aromatic rings. The summed E-state index contributed by atoms with van der Waals surface area (Å²) in [5.41, 5.74) is 5.78. The molecule has 0 unspecified atom stereocenters. The number of pyridine rings is 1. The molecule has 0 aliphatic heterocycles. The Kier molecular flexibility index (Phi) is 3.45. The average Bonchev–Trinajstić information content (AvgIpc) is 3.10. The Labute approximate surface area is 139 Å². The highest BCUT2D eigenvalue weighted by atomic mass is 16.5.